The summed E-state index contributed by atoms with van der Waals surface area (Å²) in [5, 5.41) is 4.01. The van der Waals surface area contributed by atoms with Crippen molar-refractivity contribution in [3.05, 3.63) is 69.7 Å². The van der Waals surface area contributed by atoms with Crippen molar-refractivity contribution in [3.8, 4) is 0 Å². The number of hydrogen-bond donors (Lipinski definition) is 1. The van der Waals surface area contributed by atoms with Crippen molar-refractivity contribution >= 4 is 17.5 Å². The average Bonchev–Trinajstić information content (AvgIpc) is 3.51. The van der Waals surface area contributed by atoms with Crippen molar-refractivity contribution in [1.82, 2.24) is 10.2 Å². The summed E-state index contributed by atoms with van der Waals surface area (Å²) in [4.78, 5) is 15.6. The van der Waals surface area contributed by atoms with Gasteiger partial charge in [-0.1, -0.05) is 53.1 Å². The van der Waals surface area contributed by atoms with Gasteiger partial charge in [0.1, 0.15) is 0 Å². The van der Waals surface area contributed by atoms with Crippen molar-refractivity contribution in [1.29, 1.82) is 0 Å². The first-order valence-corrected chi connectivity index (χ1v) is 10.8. The van der Waals surface area contributed by atoms with Gasteiger partial charge in [0.05, 0.1) is 24.7 Å². The molecule has 0 bridgehead atoms. The smallest absolute Gasteiger partial charge is 0.230 e. The molecule has 4 nitrogen and oxygen atoms in total. The highest BCUT2D eigenvalue weighted by Gasteiger charge is 2.51. The molecule has 1 aliphatic heterocycles. The number of nitrogens with one attached hydrogen (secondary N) is 1. The zero-order valence-corrected chi connectivity index (χ0v) is 18.0. The predicted octanol–water partition coefficient (Wildman–Crippen LogP) is 4.18. The molecule has 1 aliphatic carbocycles. The van der Waals surface area contributed by atoms with Crippen molar-refractivity contribution in [2.45, 2.75) is 38.1 Å². The van der Waals surface area contributed by atoms with Gasteiger partial charge in [0.15, 0.2) is 0 Å². The molecule has 1 amide bonds. The quantitative estimate of drug-likeness (QED) is 0.773. The number of aryl methyl sites for hydroxylation is 2. The first-order chi connectivity index (χ1) is 14.0. The maximum Gasteiger partial charge on any atom is 0.230 e. The molecule has 2 fully saturated rings. The minimum atomic E-state index is -0.355. The van der Waals surface area contributed by atoms with Gasteiger partial charge in [-0.2, -0.15) is 0 Å². The normalized spacial score (nSPS) is 19.6. The second-order valence-corrected chi connectivity index (χ2v) is 8.82. The van der Waals surface area contributed by atoms with Crippen LogP contribution in [0.5, 0.6) is 0 Å². The second kappa shape index (κ2) is 8.47. The third kappa shape index (κ3) is 4.50. The highest BCUT2D eigenvalue weighted by atomic mass is 35.5. The monoisotopic (exact) mass is 412 g/mol. The fourth-order valence-corrected chi connectivity index (χ4v) is 4.54. The summed E-state index contributed by atoms with van der Waals surface area (Å²) >= 11 is 6.09. The Balaban J connectivity index is 1.50. The van der Waals surface area contributed by atoms with Crippen LogP contribution in [0.4, 0.5) is 0 Å². The number of hydrogen-bond acceptors (Lipinski definition) is 3. The molecule has 0 spiro atoms. The lowest BCUT2D eigenvalue weighted by atomic mass is 9.91. The van der Waals surface area contributed by atoms with E-state index in [9.17, 15) is 4.79 Å². The maximum absolute atomic E-state index is 13.2. The Morgan fingerprint density at radius 1 is 1.10 bits per heavy atom. The third-order valence-electron chi connectivity index (χ3n) is 6.16. The van der Waals surface area contributed by atoms with E-state index in [2.05, 4.69) is 54.4 Å². The lowest BCUT2D eigenvalue weighted by Crippen LogP contribution is -2.45. The van der Waals surface area contributed by atoms with Gasteiger partial charge in [-0.3, -0.25) is 9.69 Å². The SMILES string of the molecule is Cc1cc(C)cc(C2(C(=O)NCC(c3ccc(Cl)cc3)N3CCOCC3)CC2)c1. The molecule has 2 aromatic carbocycles. The average molecular weight is 413 g/mol. The Bertz CT molecular complexity index is 851. The van der Waals surface area contributed by atoms with E-state index in [0.717, 1.165) is 49.7 Å². The van der Waals surface area contributed by atoms with E-state index >= 15 is 0 Å². The van der Waals surface area contributed by atoms with Gasteiger partial charge in [0, 0.05) is 24.7 Å². The van der Waals surface area contributed by atoms with Crippen LogP contribution >= 0.6 is 11.6 Å². The molecule has 1 N–H and O–H groups in total. The van der Waals surface area contributed by atoms with E-state index < -0.39 is 0 Å². The summed E-state index contributed by atoms with van der Waals surface area (Å²) < 4.78 is 5.52. The van der Waals surface area contributed by atoms with E-state index in [-0.39, 0.29) is 17.4 Å². The number of ether oxygens (including phenoxy) is 1. The first-order valence-electron chi connectivity index (χ1n) is 10.4. The Hall–Kier alpha value is -1.88. The molecular weight excluding hydrogens is 384 g/mol. The second-order valence-electron chi connectivity index (χ2n) is 8.38. The maximum atomic E-state index is 13.2. The fraction of sp³-hybridized carbons (Fsp3) is 0.458. The summed E-state index contributed by atoms with van der Waals surface area (Å²) in [6, 6.07) is 14.6. The number of amides is 1. The summed E-state index contributed by atoms with van der Waals surface area (Å²) in [7, 11) is 0. The van der Waals surface area contributed by atoms with Crippen LogP contribution in [0.1, 0.15) is 41.1 Å². The molecule has 154 valence electrons. The number of nitrogens with zero attached hydrogens (tertiary/aromatic N) is 1. The summed E-state index contributed by atoms with van der Waals surface area (Å²) in [6.07, 6.45) is 1.84. The molecule has 1 saturated heterocycles. The summed E-state index contributed by atoms with van der Waals surface area (Å²) in [5.41, 5.74) is 4.40. The molecule has 29 heavy (non-hydrogen) atoms. The van der Waals surface area contributed by atoms with Gasteiger partial charge in [-0.15, -0.1) is 0 Å². The molecule has 1 heterocycles. The zero-order valence-electron chi connectivity index (χ0n) is 17.2. The van der Waals surface area contributed by atoms with Crippen molar-refractivity contribution in [2.24, 2.45) is 0 Å². The van der Waals surface area contributed by atoms with Crippen molar-refractivity contribution < 1.29 is 9.53 Å². The van der Waals surface area contributed by atoms with Crippen LogP contribution in [0, 0.1) is 13.8 Å². The number of rotatable bonds is 6. The zero-order chi connectivity index (χ0) is 20.4. The van der Waals surface area contributed by atoms with E-state index in [0.29, 0.717) is 6.54 Å². The number of carbonyl (C=O) groups is 1. The van der Waals surface area contributed by atoms with E-state index in [1.165, 1.54) is 16.7 Å². The Morgan fingerprint density at radius 2 is 1.72 bits per heavy atom. The predicted molar refractivity (Wildman–Crippen MR) is 116 cm³/mol. The lowest BCUT2D eigenvalue weighted by molar-refractivity contribution is -0.124. The number of morpholine rings is 1. The molecule has 1 atom stereocenters. The summed E-state index contributed by atoms with van der Waals surface area (Å²) in [6.45, 7) is 7.97. The number of halogens is 1. The molecular formula is C24H29ClN2O2. The highest BCUT2D eigenvalue weighted by molar-refractivity contribution is 6.30. The Labute approximate surface area is 178 Å². The minimum absolute atomic E-state index is 0.121. The van der Waals surface area contributed by atoms with Crippen LogP contribution in [0.25, 0.3) is 0 Å². The summed E-state index contributed by atoms with van der Waals surface area (Å²) in [5.74, 6) is 0.148. The van der Waals surface area contributed by atoms with Crippen LogP contribution in [-0.4, -0.2) is 43.7 Å². The van der Waals surface area contributed by atoms with Crippen molar-refractivity contribution in [3.63, 3.8) is 0 Å². The molecule has 1 saturated carbocycles. The lowest BCUT2D eigenvalue weighted by Gasteiger charge is -2.35. The van der Waals surface area contributed by atoms with E-state index in [4.69, 9.17) is 16.3 Å². The molecule has 5 heteroatoms. The minimum Gasteiger partial charge on any atom is -0.379 e. The first kappa shape index (κ1) is 20.4. The molecule has 0 radical (unpaired) electrons. The third-order valence-corrected chi connectivity index (χ3v) is 6.41. The number of benzene rings is 2. The van der Waals surface area contributed by atoms with Gasteiger partial charge in [0.25, 0.3) is 0 Å². The molecule has 2 aliphatic rings. The van der Waals surface area contributed by atoms with Crippen LogP contribution < -0.4 is 5.32 Å². The van der Waals surface area contributed by atoms with Crippen LogP contribution in [0.2, 0.25) is 5.02 Å². The fourth-order valence-electron chi connectivity index (χ4n) is 4.41. The van der Waals surface area contributed by atoms with Gasteiger partial charge in [-0.05, 0) is 49.9 Å². The van der Waals surface area contributed by atoms with E-state index in [1.54, 1.807) is 0 Å². The molecule has 2 aromatic rings. The van der Waals surface area contributed by atoms with Gasteiger partial charge >= 0.3 is 0 Å². The molecule has 1 unspecified atom stereocenters. The van der Waals surface area contributed by atoms with E-state index in [1.807, 2.05) is 12.1 Å². The van der Waals surface area contributed by atoms with Crippen molar-refractivity contribution in [2.75, 3.05) is 32.8 Å². The number of carbonyl (C=O) groups excluding carboxylic acids is 1. The van der Waals surface area contributed by atoms with Gasteiger partial charge in [-0.25, -0.2) is 0 Å². The topological polar surface area (TPSA) is 41.6 Å². The van der Waals surface area contributed by atoms with Crippen LogP contribution in [-0.2, 0) is 14.9 Å². The highest BCUT2D eigenvalue weighted by Crippen LogP contribution is 2.49. The van der Waals surface area contributed by atoms with Crippen LogP contribution in [0.3, 0.4) is 0 Å². The Kier molecular flexibility index (Phi) is 5.95. The standard InChI is InChI=1S/C24H29ClN2O2/c1-17-13-18(2)15-20(14-17)24(7-8-24)23(28)26-16-22(27-9-11-29-12-10-27)19-3-5-21(25)6-4-19/h3-6,13-15,22H,7-12,16H2,1-2H3,(H,26,28). The van der Waals surface area contributed by atoms with Crippen LogP contribution in [0.15, 0.2) is 42.5 Å². The molecule has 0 aromatic heterocycles. The van der Waals surface area contributed by atoms with Gasteiger partial charge < -0.3 is 10.1 Å². The largest absolute Gasteiger partial charge is 0.379 e. The molecule has 4 rings (SSSR count). The Morgan fingerprint density at radius 3 is 2.31 bits per heavy atom. The van der Waals surface area contributed by atoms with Gasteiger partial charge in [0.2, 0.25) is 5.91 Å².